The molecule has 0 aromatic carbocycles. The van der Waals surface area contributed by atoms with E-state index in [1.807, 2.05) is 13.8 Å². The second-order valence-corrected chi connectivity index (χ2v) is 6.65. The predicted octanol–water partition coefficient (Wildman–Crippen LogP) is 1.62. The Morgan fingerprint density at radius 3 is 3.20 bits per heavy atom. The van der Waals surface area contributed by atoms with Gasteiger partial charge in [-0.25, -0.2) is 4.98 Å². The molecule has 1 amide bonds. The summed E-state index contributed by atoms with van der Waals surface area (Å²) in [7, 11) is 0. The molecule has 20 heavy (non-hydrogen) atoms. The van der Waals surface area contributed by atoms with Gasteiger partial charge >= 0.3 is 0 Å². The van der Waals surface area contributed by atoms with Gasteiger partial charge in [0.1, 0.15) is 18.2 Å². The van der Waals surface area contributed by atoms with Gasteiger partial charge in [-0.15, -0.1) is 11.8 Å². The topological polar surface area (TPSA) is 69.7 Å². The van der Waals surface area contributed by atoms with Crippen molar-refractivity contribution in [3.63, 3.8) is 0 Å². The van der Waals surface area contributed by atoms with Crippen LogP contribution in [0.15, 0.2) is 18.3 Å². The first-order valence-electron chi connectivity index (χ1n) is 6.34. The molecule has 108 valence electrons. The number of carbonyl (C=O) groups excluding carboxylic acids is 1. The van der Waals surface area contributed by atoms with E-state index in [4.69, 9.17) is 14.2 Å². The number of hydrogen-bond donors (Lipinski definition) is 1. The number of anilines is 1. The number of rotatable bonds is 5. The molecule has 7 heteroatoms. The normalized spacial score (nSPS) is 30.2. The first-order chi connectivity index (χ1) is 9.53. The van der Waals surface area contributed by atoms with Gasteiger partial charge in [0.25, 0.3) is 0 Å². The molecule has 2 atom stereocenters. The second-order valence-electron chi connectivity index (χ2n) is 5.16. The molecule has 6 nitrogen and oxygen atoms in total. The average molecular weight is 296 g/mol. The maximum atomic E-state index is 10.4. The summed E-state index contributed by atoms with van der Waals surface area (Å²) in [5.74, 6) is 0.627. The van der Waals surface area contributed by atoms with Gasteiger partial charge in [-0.05, 0) is 19.9 Å². The van der Waals surface area contributed by atoms with Gasteiger partial charge < -0.3 is 19.5 Å². The quantitative estimate of drug-likeness (QED) is 0.658. The Kier molecular flexibility index (Phi) is 3.35. The zero-order chi connectivity index (χ0) is 14.2. The Balaban J connectivity index is 1.54. The van der Waals surface area contributed by atoms with Crippen LogP contribution in [0.25, 0.3) is 0 Å². The van der Waals surface area contributed by atoms with Crippen LogP contribution >= 0.6 is 11.8 Å². The van der Waals surface area contributed by atoms with E-state index in [1.54, 1.807) is 30.1 Å². The van der Waals surface area contributed by atoms with Gasteiger partial charge in [0.2, 0.25) is 6.41 Å². The molecule has 2 unspecified atom stereocenters. The van der Waals surface area contributed by atoms with Crippen molar-refractivity contribution >= 4 is 24.0 Å². The third kappa shape index (κ3) is 2.74. The molecule has 1 aromatic heterocycles. The first kappa shape index (κ1) is 13.7. The largest absolute Gasteiger partial charge is 0.492 e. The van der Waals surface area contributed by atoms with Gasteiger partial charge in [-0.3, -0.25) is 4.79 Å². The fraction of sp³-hybridized carbons (Fsp3) is 0.538. The lowest BCUT2D eigenvalue weighted by molar-refractivity contribution is -0.139. The molecule has 2 fully saturated rings. The van der Waals surface area contributed by atoms with Crippen LogP contribution in [0.3, 0.4) is 0 Å². The van der Waals surface area contributed by atoms with Crippen molar-refractivity contribution in [2.45, 2.75) is 29.8 Å². The monoisotopic (exact) mass is 296 g/mol. The second kappa shape index (κ2) is 4.91. The van der Waals surface area contributed by atoms with E-state index >= 15 is 0 Å². The molecule has 3 rings (SSSR count). The van der Waals surface area contributed by atoms with Crippen LogP contribution in [0.5, 0.6) is 5.75 Å². The van der Waals surface area contributed by atoms with Crippen LogP contribution in [-0.2, 0) is 14.3 Å². The molecule has 0 bridgehead atoms. The van der Waals surface area contributed by atoms with Crippen LogP contribution in [0, 0.1) is 0 Å². The van der Waals surface area contributed by atoms with Crippen molar-refractivity contribution < 1.29 is 19.0 Å². The van der Waals surface area contributed by atoms with E-state index in [2.05, 4.69) is 10.3 Å². The summed E-state index contributed by atoms with van der Waals surface area (Å²) in [5, 5.41) is 2.75. The number of hydrogen-bond acceptors (Lipinski definition) is 6. The number of ether oxygens (including phenoxy) is 3. The Bertz CT molecular complexity index is 525. The summed E-state index contributed by atoms with van der Waals surface area (Å²) in [6.45, 7) is 4.96. The van der Waals surface area contributed by atoms with Crippen LogP contribution < -0.4 is 10.1 Å². The van der Waals surface area contributed by atoms with Crippen molar-refractivity contribution in [1.29, 1.82) is 0 Å². The third-order valence-corrected chi connectivity index (χ3v) is 4.59. The molecule has 2 aliphatic heterocycles. The highest BCUT2D eigenvalue weighted by Crippen LogP contribution is 2.59. The predicted molar refractivity (Wildman–Crippen MR) is 74.6 cm³/mol. The molecule has 0 saturated carbocycles. The van der Waals surface area contributed by atoms with Gasteiger partial charge in [-0.2, -0.15) is 0 Å². The van der Waals surface area contributed by atoms with Gasteiger partial charge in [0.15, 0.2) is 10.7 Å². The number of nitrogens with zero attached hydrogens (tertiary/aromatic N) is 1. The minimum atomic E-state index is -0.514. The SMILES string of the molecule is CC1(C)OCC2(O1)SC2COc1ccnc(NC=O)c1. The maximum Gasteiger partial charge on any atom is 0.212 e. The lowest BCUT2D eigenvalue weighted by Crippen LogP contribution is -2.25. The standard InChI is InChI=1S/C13H16N2O4S/c1-12(2)18-7-13(19-12)10(20-13)6-17-9-3-4-14-11(5-9)15-8-16/h3-5,8,10H,6-7H2,1-2H3,(H,14,15,16). The maximum absolute atomic E-state index is 10.4. The van der Waals surface area contributed by atoms with Crippen LogP contribution in [-0.4, -0.2) is 40.6 Å². The molecule has 1 spiro atoms. The number of carbonyl (C=O) groups is 1. The van der Waals surface area contributed by atoms with E-state index in [9.17, 15) is 4.79 Å². The molecule has 3 heterocycles. The van der Waals surface area contributed by atoms with Crippen molar-refractivity contribution in [3.8, 4) is 5.75 Å². The summed E-state index contributed by atoms with van der Waals surface area (Å²) in [6, 6.07) is 3.44. The van der Waals surface area contributed by atoms with Gasteiger partial charge in [-0.1, -0.05) is 0 Å². The lowest BCUT2D eigenvalue weighted by atomic mass is 10.3. The van der Waals surface area contributed by atoms with Gasteiger partial charge in [0.05, 0.1) is 11.9 Å². The minimum Gasteiger partial charge on any atom is -0.492 e. The van der Waals surface area contributed by atoms with E-state index in [0.717, 1.165) is 0 Å². The molecule has 2 aliphatic rings. The van der Waals surface area contributed by atoms with Crippen molar-refractivity contribution in [3.05, 3.63) is 18.3 Å². The summed E-state index contributed by atoms with van der Waals surface area (Å²) in [5.41, 5.74) is 0. The highest BCUT2D eigenvalue weighted by atomic mass is 32.2. The number of aromatic nitrogens is 1. The Labute approximate surface area is 121 Å². The Morgan fingerprint density at radius 2 is 2.50 bits per heavy atom. The molecule has 2 saturated heterocycles. The number of amides is 1. The first-order valence-corrected chi connectivity index (χ1v) is 7.22. The number of thioether (sulfide) groups is 1. The Hall–Kier alpha value is -1.31. The van der Waals surface area contributed by atoms with Crippen molar-refractivity contribution in [1.82, 2.24) is 4.98 Å². The fourth-order valence-corrected chi connectivity index (χ4v) is 3.26. The molecular formula is C13H16N2O4S. The molecule has 0 radical (unpaired) electrons. The summed E-state index contributed by atoms with van der Waals surface area (Å²) in [4.78, 5) is 14.1. The van der Waals surface area contributed by atoms with Crippen molar-refractivity contribution in [2.24, 2.45) is 0 Å². The molecule has 1 aromatic rings. The molecule has 0 aliphatic carbocycles. The van der Waals surface area contributed by atoms with Gasteiger partial charge in [0, 0.05) is 12.3 Å². The zero-order valence-electron chi connectivity index (χ0n) is 11.3. The summed E-state index contributed by atoms with van der Waals surface area (Å²) in [6.07, 6.45) is 2.18. The van der Waals surface area contributed by atoms with Crippen molar-refractivity contribution in [2.75, 3.05) is 18.5 Å². The zero-order valence-corrected chi connectivity index (χ0v) is 12.1. The smallest absolute Gasteiger partial charge is 0.212 e. The van der Waals surface area contributed by atoms with Crippen LogP contribution in [0.2, 0.25) is 0 Å². The van der Waals surface area contributed by atoms with E-state index in [-0.39, 0.29) is 10.2 Å². The summed E-state index contributed by atoms with van der Waals surface area (Å²) >= 11 is 1.72. The number of nitrogens with one attached hydrogen (secondary N) is 1. The highest BCUT2D eigenvalue weighted by molar-refractivity contribution is 8.08. The highest BCUT2D eigenvalue weighted by Gasteiger charge is 2.64. The minimum absolute atomic E-state index is 0.250. The number of pyridine rings is 1. The third-order valence-electron chi connectivity index (χ3n) is 3.15. The molecular weight excluding hydrogens is 280 g/mol. The average Bonchev–Trinajstić information content (AvgIpc) is 2.97. The van der Waals surface area contributed by atoms with Crippen LogP contribution in [0.1, 0.15) is 13.8 Å². The fourth-order valence-electron chi connectivity index (χ4n) is 2.15. The van der Waals surface area contributed by atoms with E-state index < -0.39 is 5.79 Å². The lowest BCUT2D eigenvalue weighted by Gasteiger charge is -2.16. The molecule has 1 N–H and O–H groups in total. The summed E-state index contributed by atoms with van der Waals surface area (Å²) < 4.78 is 17.2. The Morgan fingerprint density at radius 1 is 1.65 bits per heavy atom. The van der Waals surface area contributed by atoms with E-state index in [1.165, 1.54) is 0 Å². The van der Waals surface area contributed by atoms with E-state index in [0.29, 0.717) is 31.2 Å². The van der Waals surface area contributed by atoms with Crippen LogP contribution in [0.4, 0.5) is 5.82 Å².